The van der Waals surface area contributed by atoms with Crippen molar-refractivity contribution in [3.05, 3.63) is 0 Å². The van der Waals surface area contributed by atoms with Crippen LogP contribution in [0, 0.1) is 11.8 Å². The fourth-order valence-corrected chi connectivity index (χ4v) is 2.77. The minimum absolute atomic E-state index is 0.00884. The van der Waals surface area contributed by atoms with Crippen molar-refractivity contribution in [2.45, 2.75) is 77.5 Å². The number of primary amides is 1. The van der Waals surface area contributed by atoms with Crippen LogP contribution in [0.2, 0.25) is 0 Å². The van der Waals surface area contributed by atoms with Gasteiger partial charge in [0.25, 0.3) is 0 Å². The molecule has 0 aromatic carbocycles. The summed E-state index contributed by atoms with van der Waals surface area (Å²) in [4.78, 5) is 60.1. The lowest BCUT2D eigenvalue weighted by atomic mass is 9.97. The fourth-order valence-electron chi connectivity index (χ4n) is 2.77. The van der Waals surface area contributed by atoms with Gasteiger partial charge in [0, 0.05) is 6.42 Å². The third-order valence-electron chi connectivity index (χ3n) is 5.01. The van der Waals surface area contributed by atoms with E-state index >= 15 is 0 Å². The normalized spacial score (nSPS) is 15.7. The van der Waals surface area contributed by atoms with Crippen LogP contribution in [-0.4, -0.2) is 70.6 Å². The molecule has 0 aromatic heterocycles. The van der Waals surface area contributed by atoms with Crippen molar-refractivity contribution in [3.63, 3.8) is 0 Å². The molecule has 5 unspecified atom stereocenters. The zero-order valence-electron chi connectivity index (χ0n) is 19.1. The minimum atomic E-state index is -1.59. The van der Waals surface area contributed by atoms with Gasteiger partial charge in [-0.15, -0.1) is 0 Å². The zero-order chi connectivity index (χ0) is 25.0. The second-order valence-electron chi connectivity index (χ2n) is 8.25. The van der Waals surface area contributed by atoms with Gasteiger partial charge in [-0.05, 0) is 24.7 Å². The standard InChI is InChI=1S/C20H37N5O7/c1-5-11(4)16(22)19(30)24-13(8-10(2)3)18(29)23-12(6-7-15(21)27)17(28)25-14(9-26)20(31)32/h10-14,16,26H,5-9,22H2,1-4H3,(H2,21,27)(H,23,29)(H,24,30)(H,25,28)(H,31,32). The van der Waals surface area contributed by atoms with E-state index < -0.39 is 60.4 Å². The molecule has 32 heavy (non-hydrogen) atoms. The summed E-state index contributed by atoms with van der Waals surface area (Å²) in [5.74, 6) is -4.40. The average molecular weight is 460 g/mol. The van der Waals surface area contributed by atoms with Crippen molar-refractivity contribution in [1.29, 1.82) is 0 Å². The van der Waals surface area contributed by atoms with Crippen LogP contribution in [0.4, 0.5) is 0 Å². The van der Waals surface area contributed by atoms with Crippen molar-refractivity contribution >= 4 is 29.6 Å². The van der Waals surface area contributed by atoms with Gasteiger partial charge in [0.05, 0.1) is 12.6 Å². The first kappa shape index (κ1) is 29.3. The predicted molar refractivity (Wildman–Crippen MR) is 116 cm³/mol. The van der Waals surface area contributed by atoms with E-state index in [2.05, 4.69) is 16.0 Å². The summed E-state index contributed by atoms with van der Waals surface area (Å²) < 4.78 is 0. The molecule has 9 N–H and O–H groups in total. The largest absolute Gasteiger partial charge is 0.480 e. The van der Waals surface area contributed by atoms with Crippen LogP contribution >= 0.6 is 0 Å². The first-order valence-electron chi connectivity index (χ1n) is 10.6. The molecule has 0 bridgehead atoms. The topological polar surface area (TPSA) is 214 Å². The number of aliphatic carboxylic acids is 1. The molecule has 4 amide bonds. The van der Waals surface area contributed by atoms with Gasteiger partial charge in [0.1, 0.15) is 18.1 Å². The average Bonchev–Trinajstić information content (AvgIpc) is 2.71. The molecule has 12 nitrogen and oxygen atoms in total. The highest BCUT2D eigenvalue weighted by Crippen LogP contribution is 2.10. The highest BCUT2D eigenvalue weighted by Gasteiger charge is 2.31. The second-order valence-corrected chi connectivity index (χ2v) is 8.25. The van der Waals surface area contributed by atoms with Crippen LogP contribution in [0.15, 0.2) is 0 Å². The molecule has 0 fully saturated rings. The maximum absolute atomic E-state index is 12.9. The Morgan fingerprint density at radius 2 is 1.38 bits per heavy atom. The number of carbonyl (C=O) groups excluding carboxylic acids is 4. The summed E-state index contributed by atoms with van der Waals surface area (Å²) in [6, 6.07) is -4.72. The number of carbonyl (C=O) groups is 5. The van der Waals surface area contributed by atoms with Gasteiger partial charge in [-0.3, -0.25) is 19.2 Å². The molecule has 12 heteroatoms. The lowest BCUT2D eigenvalue weighted by molar-refractivity contribution is -0.143. The van der Waals surface area contributed by atoms with E-state index in [4.69, 9.17) is 21.7 Å². The van der Waals surface area contributed by atoms with Gasteiger partial charge in [0.15, 0.2) is 0 Å². The molecule has 0 radical (unpaired) electrons. The fraction of sp³-hybridized carbons (Fsp3) is 0.750. The summed E-state index contributed by atoms with van der Waals surface area (Å²) in [7, 11) is 0. The Hall–Kier alpha value is -2.73. The predicted octanol–water partition coefficient (Wildman–Crippen LogP) is -1.80. The van der Waals surface area contributed by atoms with Crippen LogP contribution in [-0.2, 0) is 24.0 Å². The summed E-state index contributed by atoms with van der Waals surface area (Å²) in [5.41, 5.74) is 11.1. The van der Waals surface area contributed by atoms with E-state index in [0.717, 1.165) is 0 Å². The SMILES string of the molecule is CCC(C)C(N)C(=O)NC(CC(C)C)C(=O)NC(CCC(N)=O)C(=O)NC(CO)C(=O)O. The third kappa shape index (κ3) is 10.5. The zero-order valence-corrected chi connectivity index (χ0v) is 19.1. The molecule has 0 rings (SSSR count). The summed E-state index contributed by atoms with van der Waals surface area (Å²) >= 11 is 0. The van der Waals surface area contributed by atoms with Crippen molar-refractivity contribution < 1.29 is 34.2 Å². The Bertz CT molecular complexity index is 671. The maximum atomic E-state index is 12.9. The number of nitrogens with one attached hydrogen (secondary N) is 3. The van der Waals surface area contributed by atoms with E-state index in [0.29, 0.717) is 6.42 Å². The molecule has 0 aliphatic heterocycles. The molecule has 0 saturated carbocycles. The second kappa shape index (κ2) is 14.4. The number of amides is 4. The summed E-state index contributed by atoms with van der Waals surface area (Å²) in [6.45, 7) is 6.52. The third-order valence-corrected chi connectivity index (χ3v) is 5.01. The summed E-state index contributed by atoms with van der Waals surface area (Å²) in [5, 5.41) is 25.3. The molecule has 184 valence electrons. The van der Waals surface area contributed by atoms with E-state index in [1.54, 1.807) is 0 Å². The van der Waals surface area contributed by atoms with Crippen molar-refractivity contribution in [2.24, 2.45) is 23.3 Å². The smallest absolute Gasteiger partial charge is 0.328 e. The number of hydrogen-bond donors (Lipinski definition) is 7. The molecule has 0 heterocycles. The Morgan fingerprint density at radius 3 is 1.81 bits per heavy atom. The van der Waals surface area contributed by atoms with Crippen LogP contribution in [0.5, 0.6) is 0 Å². The minimum Gasteiger partial charge on any atom is -0.480 e. The molecule has 0 aliphatic rings. The van der Waals surface area contributed by atoms with Crippen molar-refractivity contribution in [3.8, 4) is 0 Å². The molecule has 0 spiro atoms. The van der Waals surface area contributed by atoms with Gasteiger partial charge < -0.3 is 37.6 Å². The van der Waals surface area contributed by atoms with Gasteiger partial charge in [-0.2, -0.15) is 0 Å². The van der Waals surface area contributed by atoms with Gasteiger partial charge in [-0.25, -0.2) is 4.79 Å². The van der Waals surface area contributed by atoms with E-state index in [9.17, 15) is 24.0 Å². The maximum Gasteiger partial charge on any atom is 0.328 e. The van der Waals surface area contributed by atoms with Crippen LogP contribution in [0.25, 0.3) is 0 Å². The highest BCUT2D eigenvalue weighted by molar-refractivity contribution is 5.94. The Labute approximate surface area is 187 Å². The number of rotatable bonds is 15. The van der Waals surface area contributed by atoms with Gasteiger partial charge >= 0.3 is 5.97 Å². The summed E-state index contributed by atoms with van der Waals surface area (Å²) in [6.07, 6.45) is 0.471. The molecule has 0 saturated heterocycles. The molecular formula is C20H37N5O7. The van der Waals surface area contributed by atoms with E-state index in [1.807, 2.05) is 27.7 Å². The molecule has 0 aliphatic carbocycles. The number of nitrogens with two attached hydrogens (primary N) is 2. The van der Waals surface area contributed by atoms with Crippen LogP contribution in [0.1, 0.15) is 53.4 Å². The molecule has 5 atom stereocenters. The highest BCUT2D eigenvalue weighted by atomic mass is 16.4. The van der Waals surface area contributed by atoms with Crippen molar-refractivity contribution in [1.82, 2.24) is 16.0 Å². The lowest BCUT2D eigenvalue weighted by Gasteiger charge is -2.26. The quantitative estimate of drug-likeness (QED) is 0.148. The molecule has 0 aromatic rings. The Balaban J connectivity index is 5.52. The van der Waals surface area contributed by atoms with E-state index in [1.165, 1.54) is 0 Å². The van der Waals surface area contributed by atoms with Gasteiger partial charge in [-0.1, -0.05) is 34.1 Å². The first-order chi connectivity index (χ1) is 14.8. The van der Waals surface area contributed by atoms with E-state index in [-0.39, 0.29) is 31.1 Å². The first-order valence-corrected chi connectivity index (χ1v) is 10.6. The van der Waals surface area contributed by atoms with Gasteiger partial charge in [0.2, 0.25) is 23.6 Å². The number of aliphatic hydroxyl groups is 1. The van der Waals surface area contributed by atoms with Crippen molar-refractivity contribution in [2.75, 3.05) is 6.61 Å². The monoisotopic (exact) mass is 459 g/mol. The Morgan fingerprint density at radius 1 is 0.875 bits per heavy atom. The van der Waals surface area contributed by atoms with Crippen LogP contribution in [0.3, 0.4) is 0 Å². The Kier molecular flexibility index (Phi) is 13.1. The number of carboxylic acid groups (broad SMARTS) is 1. The lowest BCUT2D eigenvalue weighted by Crippen LogP contribution is -2.58. The van der Waals surface area contributed by atoms with Crippen LogP contribution < -0.4 is 27.4 Å². The number of aliphatic hydroxyl groups excluding tert-OH is 1. The molecular weight excluding hydrogens is 422 g/mol. The number of hydrogen-bond acceptors (Lipinski definition) is 7. The number of carboxylic acids is 1.